The van der Waals surface area contributed by atoms with Gasteiger partial charge in [0, 0.05) is 18.3 Å². The molecule has 0 N–H and O–H groups in total. The number of allylic oxidation sites excluding steroid dienone is 3. The van der Waals surface area contributed by atoms with E-state index in [2.05, 4.69) is 23.4 Å². The number of hydrogen-bond acceptors (Lipinski definition) is 1. The molecule has 0 radical (unpaired) electrons. The van der Waals surface area contributed by atoms with Gasteiger partial charge in [0.05, 0.1) is 0 Å². The number of hydrogen-bond donors (Lipinski definition) is 0. The first-order valence-electron chi connectivity index (χ1n) is 3.87. The molecule has 2 aliphatic rings. The summed E-state index contributed by atoms with van der Waals surface area (Å²) < 4.78 is 0. The van der Waals surface area contributed by atoms with Gasteiger partial charge in [-0.25, -0.2) is 0 Å². The van der Waals surface area contributed by atoms with Crippen LogP contribution in [0.3, 0.4) is 0 Å². The Bertz CT molecular complexity index is 211. The Kier molecular flexibility index (Phi) is 1.42. The lowest BCUT2D eigenvalue weighted by Gasteiger charge is -2.19. The van der Waals surface area contributed by atoms with Gasteiger partial charge in [-0.15, -0.1) is 0 Å². The fraction of sp³-hybridized carbons (Fsp3) is 0.444. The van der Waals surface area contributed by atoms with Crippen LogP contribution in [0.4, 0.5) is 0 Å². The first-order valence-corrected chi connectivity index (χ1v) is 3.87. The molecule has 1 heteroatoms. The molecule has 1 atom stereocenters. The molecule has 0 spiro atoms. The summed E-state index contributed by atoms with van der Waals surface area (Å²) in [7, 11) is 0. The molecule has 0 aromatic heterocycles. The normalized spacial score (nSPS) is 29.6. The second-order valence-corrected chi connectivity index (χ2v) is 2.86. The van der Waals surface area contributed by atoms with Crippen molar-refractivity contribution in [2.45, 2.75) is 19.3 Å². The fourth-order valence-electron chi connectivity index (χ4n) is 1.56. The maximum Gasteiger partial charge on any atom is 0.0266 e. The van der Waals surface area contributed by atoms with E-state index in [4.69, 9.17) is 0 Å². The molecule has 0 saturated carbocycles. The molecule has 2 rings (SSSR count). The van der Waals surface area contributed by atoms with E-state index in [1.807, 2.05) is 6.20 Å². The van der Waals surface area contributed by atoms with Crippen LogP contribution in [0.25, 0.3) is 0 Å². The molecule has 1 unspecified atom stereocenters. The molecule has 1 aliphatic carbocycles. The third-order valence-electron chi connectivity index (χ3n) is 2.15. The topological polar surface area (TPSA) is 12.4 Å². The van der Waals surface area contributed by atoms with Crippen molar-refractivity contribution in [3.8, 4) is 0 Å². The van der Waals surface area contributed by atoms with Crippen molar-refractivity contribution < 1.29 is 0 Å². The quantitative estimate of drug-likeness (QED) is 0.481. The van der Waals surface area contributed by atoms with Crippen molar-refractivity contribution in [3.05, 3.63) is 23.9 Å². The Hall–Kier alpha value is -0.850. The van der Waals surface area contributed by atoms with Gasteiger partial charge >= 0.3 is 0 Å². The van der Waals surface area contributed by atoms with Crippen LogP contribution < -0.4 is 0 Å². The zero-order chi connectivity index (χ0) is 6.81. The van der Waals surface area contributed by atoms with Gasteiger partial charge in [-0.3, -0.25) is 4.99 Å². The predicted molar refractivity (Wildman–Crippen MR) is 43.1 cm³/mol. The predicted octanol–water partition coefficient (Wildman–Crippen LogP) is 2.31. The van der Waals surface area contributed by atoms with Crippen LogP contribution in [0.5, 0.6) is 0 Å². The van der Waals surface area contributed by atoms with Crippen LogP contribution in [0.2, 0.25) is 0 Å². The molecule has 1 heterocycles. The molecule has 1 aliphatic heterocycles. The average molecular weight is 133 g/mol. The van der Waals surface area contributed by atoms with Crippen LogP contribution in [0.1, 0.15) is 19.3 Å². The lowest BCUT2D eigenvalue weighted by atomic mass is 9.88. The summed E-state index contributed by atoms with van der Waals surface area (Å²) in [5, 5.41) is 0. The summed E-state index contributed by atoms with van der Waals surface area (Å²) in [6.07, 6.45) is 12.3. The monoisotopic (exact) mass is 133 g/mol. The van der Waals surface area contributed by atoms with Gasteiger partial charge < -0.3 is 0 Å². The number of nitrogens with zero attached hydrogens (tertiary/aromatic N) is 1. The smallest absolute Gasteiger partial charge is 0.0266 e. The van der Waals surface area contributed by atoms with Crippen molar-refractivity contribution in [2.75, 3.05) is 0 Å². The van der Waals surface area contributed by atoms with Gasteiger partial charge in [0.2, 0.25) is 0 Å². The molecular formula is C9H11N. The first-order chi connectivity index (χ1) is 4.97. The van der Waals surface area contributed by atoms with E-state index < -0.39 is 0 Å². The summed E-state index contributed by atoms with van der Waals surface area (Å²) in [6.45, 7) is 0. The van der Waals surface area contributed by atoms with Crippen LogP contribution in [0.15, 0.2) is 28.9 Å². The van der Waals surface area contributed by atoms with Gasteiger partial charge in [0.25, 0.3) is 0 Å². The highest BCUT2D eigenvalue weighted by molar-refractivity contribution is 5.69. The zero-order valence-corrected chi connectivity index (χ0v) is 5.96. The molecule has 0 bridgehead atoms. The second kappa shape index (κ2) is 2.41. The van der Waals surface area contributed by atoms with Gasteiger partial charge in [-0.1, -0.05) is 6.08 Å². The maximum absolute atomic E-state index is 4.12. The van der Waals surface area contributed by atoms with Crippen molar-refractivity contribution in [3.63, 3.8) is 0 Å². The van der Waals surface area contributed by atoms with E-state index in [0.717, 1.165) is 0 Å². The van der Waals surface area contributed by atoms with Gasteiger partial charge in [-0.2, -0.15) is 0 Å². The SMILES string of the molecule is C1=CC2=CCCCC2C=N1. The molecular weight excluding hydrogens is 122 g/mol. The Labute approximate surface area is 61.2 Å². The zero-order valence-electron chi connectivity index (χ0n) is 5.96. The molecule has 0 amide bonds. The number of fused-ring (bicyclic) bond motifs is 1. The highest BCUT2D eigenvalue weighted by Gasteiger charge is 2.14. The third-order valence-corrected chi connectivity index (χ3v) is 2.15. The van der Waals surface area contributed by atoms with Gasteiger partial charge in [0.1, 0.15) is 0 Å². The number of rotatable bonds is 0. The average Bonchev–Trinajstić information content (AvgIpc) is 2.05. The standard InChI is InChI=1S/C9H11N/c1-2-4-9-7-10-6-5-8(9)3-1/h3,5-7,9H,1-2,4H2. The van der Waals surface area contributed by atoms with Crippen molar-refractivity contribution >= 4 is 6.21 Å². The van der Waals surface area contributed by atoms with E-state index in [9.17, 15) is 0 Å². The van der Waals surface area contributed by atoms with Crippen LogP contribution >= 0.6 is 0 Å². The fourth-order valence-corrected chi connectivity index (χ4v) is 1.56. The lowest BCUT2D eigenvalue weighted by molar-refractivity contribution is 0.639. The van der Waals surface area contributed by atoms with E-state index in [1.54, 1.807) is 0 Å². The highest BCUT2D eigenvalue weighted by Crippen LogP contribution is 2.25. The summed E-state index contributed by atoms with van der Waals surface area (Å²) in [5.74, 6) is 0.638. The van der Waals surface area contributed by atoms with Crippen LogP contribution in [-0.4, -0.2) is 6.21 Å². The van der Waals surface area contributed by atoms with Gasteiger partial charge in [-0.05, 0) is 30.9 Å². The Balaban J connectivity index is 2.27. The molecule has 10 heavy (non-hydrogen) atoms. The minimum absolute atomic E-state index is 0.638. The summed E-state index contributed by atoms with van der Waals surface area (Å²) in [6, 6.07) is 0. The van der Waals surface area contributed by atoms with E-state index in [0.29, 0.717) is 5.92 Å². The summed E-state index contributed by atoms with van der Waals surface area (Å²) in [4.78, 5) is 4.12. The highest BCUT2D eigenvalue weighted by atomic mass is 14.7. The molecule has 0 fully saturated rings. The molecule has 0 aromatic carbocycles. The Morgan fingerprint density at radius 3 is 3.40 bits per heavy atom. The van der Waals surface area contributed by atoms with Crippen LogP contribution in [0, 0.1) is 5.92 Å². The Morgan fingerprint density at radius 1 is 1.50 bits per heavy atom. The molecule has 0 saturated heterocycles. The first kappa shape index (κ1) is 5.90. The third kappa shape index (κ3) is 0.919. The largest absolute Gasteiger partial charge is 0.268 e. The van der Waals surface area contributed by atoms with Crippen LogP contribution in [-0.2, 0) is 0 Å². The Morgan fingerprint density at radius 2 is 2.50 bits per heavy atom. The van der Waals surface area contributed by atoms with Crippen molar-refractivity contribution in [1.82, 2.24) is 0 Å². The summed E-state index contributed by atoms with van der Waals surface area (Å²) >= 11 is 0. The van der Waals surface area contributed by atoms with Crippen molar-refractivity contribution in [1.29, 1.82) is 0 Å². The maximum atomic E-state index is 4.12. The molecule has 0 aromatic rings. The summed E-state index contributed by atoms with van der Waals surface area (Å²) in [5.41, 5.74) is 1.47. The van der Waals surface area contributed by atoms with Crippen molar-refractivity contribution in [2.24, 2.45) is 10.9 Å². The van der Waals surface area contributed by atoms with E-state index >= 15 is 0 Å². The van der Waals surface area contributed by atoms with Gasteiger partial charge in [0.15, 0.2) is 0 Å². The number of aliphatic imine (C=N–C) groups is 1. The second-order valence-electron chi connectivity index (χ2n) is 2.86. The molecule has 1 nitrogen and oxygen atoms in total. The van der Waals surface area contributed by atoms with E-state index in [1.165, 1.54) is 24.8 Å². The van der Waals surface area contributed by atoms with E-state index in [-0.39, 0.29) is 0 Å². The minimum atomic E-state index is 0.638. The molecule has 52 valence electrons. The minimum Gasteiger partial charge on any atom is -0.268 e. The lowest BCUT2D eigenvalue weighted by Crippen LogP contribution is -2.10.